The van der Waals surface area contributed by atoms with Crippen molar-refractivity contribution in [2.75, 3.05) is 0 Å². The Bertz CT molecular complexity index is 1600. The molecule has 6 rings (SSSR count). The van der Waals surface area contributed by atoms with E-state index in [1.54, 1.807) is 0 Å². The van der Waals surface area contributed by atoms with Crippen molar-refractivity contribution in [2.45, 2.75) is 78.1 Å². The predicted octanol–water partition coefficient (Wildman–Crippen LogP) is 4.24. The summed E-state index contributed by atoms with van der Waals surface area (Å²) in [6.07, 6.45) is 11.1. The number of fused-ring (bicyclic) bond motifs is 3. The summed E-state index contributed by atoms with van der Waals surface area (Å²) in [4.78, 5) is 0. The topological polar surface area (TPSA) is 0 Å². The van der Waals surface area contributed by atoms with Crippen molar-refractivity contribution in [3.8, 4) is 11.1 Å². The monoisotopic (exact) mass is 695 g/mol. The molecule has 0 saturated carbocycles. The molecule has 0 saturated heterocycles. The molecule has 0 unspecified atom stereocenters. The van der Waals surface area contributed by atoms with Gasteiger partial charge in [-0.15, -0.1) is 22.3 Å². The standard InChI is InChI=1S/C28H33.C13H10.2ClH.Zr/c1-8-22-25-20(15-19-16-21(27(2,3)4)13-14-23(19)25)17-24(28(5,6)7)26(22)18-11-9-10-12-18;1-3-7-12(8-4-1)11-13-9-5-2-6-10-13;;;/h9-14,16,18H,8,15H2,1-7H3;1-10H;2*1H;/q-1;;;;+2/p-2. The van der Waals surface area contributed by atoms with E-state index < -0.39 is 0 Å². The van der Waals surface area contributed by atoms with Gasteiger partial charge in [0.2, 0.25) is 0 Å². The molecule has 0 aliphatic heterocycles. The molecule has 0 radical (unpaired) electrons. The molecule has 226 valence electrons. The third kappa shape index (κ3) is 7.73. The quantitative estimate of drug-likeness (QED) is 0.247. The van der Waals surface area contributed by atoms with E-state index in [-0.39, 0.29) is 35.6 Å². The summed E-state index contributed by atoms with van der Waals surface area (Å²) in [5.74, 6) is 0.378. The van der Waals surface area contributed by atoms with Gasteiger partial charge in [-0.25, -0.2) is 0 Å². The van der Waals surface area contributed by atoms with Gasteiger partial charge in [0.15, 0.2) is 0 Å². The SMILES string of the molecule is CCc1c2c([c-]c(C(C)(C)C)c1C1C=CC=C1)Cc1cc(C(C)(C)C)ccc1-2.[Cl-].[Cl-].[Zr+2]=[C](c1ccccc1)c1ccccc1. The molecule has 2 aliphatic carbocycles. The van der Waals surface area contributed by atoms with Gasteiger partial charge in [-0.3, -0.25) is 0 Å². The Balaban J connectivity index is 0.000000280. The van der Waals surface area contributed by atoms with Gasteiger partial charge < -0.3 is 24.8 Å². The zero-order chi connectivity index (χ0) is 30.1. The molecule has 0 bridgehead atoms. The summed E-state index contributed by atoms with van der Waals surface area (Å²) < 4.78 is 1.42. The summed E-state index contributed by atoms with van der Waals surface area (Å²) in [5.41, 5.74) is 14.6. The number of halogens is 2. The van der Waals surface area contributed by atoms with Gasteiger partial charge in [0, 0.05) is 0 Å². The first-order chi connectivity index (χ1) is 20.0. The van der Waals surface area contributed by atoms with Crippen LogP contribution in [0.1, 0.15) is 98.9 Å². The third-order valence-electron chi connectivity index (χ3n) is 8.39. The second-order valence-corrected chi connectivity index (χ2v) is 14.8. The first-order valence-corrected chi connectivity index (χ1v) is 16.5. The molecule has 0 aromatic heterocycles. The minimum absolute atomic E-state index is 0. The van der Waals surface area contributed by atoms with E-state index >= 15 is 0 Å². The second kappa shape index (κ2) is 14.9. The number of allylic oxidation sites excluding steroid dienone is 4. The van der Waals surface area contributed by atoms with Crippen LogP contribution in [0.2, 0.25) is 0 Å². The Kier molecular flexibility index (Phi) is 12.2. The fourth-order valence-electron chi connectivity index (χ4n) is 6.17. The minimum atomic E-state index is 0. The van der Waals surface area contributed by atoms with Crippen LogP contribution in [0.4, 0.5) is 0 Å². The molecule has 0 amide bonds. The van der Waals surface area contributed by atoms with Crippen molar-refractivity contribution in [3.05, 3.63) is 154 Å². The molecule has 4 aromatic carbocycles. The summed E-state index contributed by atoms with van der Waals surface area (Å²) in [5, 5.41) is 0. The summed E-state index contributed by atoms with van der Waals surface area (Å²) >= 11 is 1.46. The van der Waals surface area contributed by atoms with Crippen LogP contribution in [0.5, 0.6) is 0 Å². The van der Waals surface area contributed by atoms with Gasteiger partial charge in [0.05, 0.1) is 0 Å². The average molecular weight is 698 g/mol. The van der Waals surface area contributed by atoms with E-state index in [1.165, 1.54) is 83.1 Å². The van der Waals surface area contributed by atoms with Crippen LogP contribution in [0.25, 0.3) is 11.1 Å². The fourth-order valence-corrected chi connectivity index (χ4v) is 6.99. The molecule has 0 spiro atoms. The van der Waals surface area contributed by atoms with Crippen molar-refractivity contribution < 1.29 is 49.0 Å². The molecule has 4 aromatic rings. The summed E-state index contributed by atoms with van der Waals surface area (Å²) in [7, 11) is 0. The Morgan fingerprint density at radius 1 is 0.773 bits per heavy atom. The molecular weight excluding hydrogens is 655 g/mol. The molecule has 0 fully saturated rings. The molecule has 0 atom stereocenters. The number of hydrogen-bond donors (Lipinski definition) is 0. The van der Waals surface area contributed by atoms with Crippen LogP contribution < -0.4 is 24.8 Å². The zero-order valence-corrected chi connectivity index (χ0v) is 31.0. The van der Waals surface area contributed by atoms with Crippen LogP contribution >= 0.6 is 0 Å². The molecule has 0 nitrogen and oxygen atoms in total. The van der Waals surface area contributed by atoms with E-state index in [0.29, 0.717) is 5.92 Å². The Hall–Kier alpha value is -2.31. The molecule has 0 N–H and O–H groups in total. The second-order valence-electron chi connectivity index (χ2n) is 13.6. The normalized spacial score (nSPS) is 13.3. The zero-order valence-electron chi connectivity index (χ0n) is 27.1. The maximum absolute atomic E-state index is 3.92. The maximum atomic E-state index is 3.92. The molecule has 2 aliphatic rings. The first-order valence-electron chi connectivity index (χ1n) is 15.3. The van der Waals surface area contributed by atoms with Crippen LogP contribution in [0, 0.1) is 6.07 Å². The van der Waals surface area contributed by atoms with Gasteiger partial charge in [-0.2, -0.15) is 11.6 Å². The average Bonchev–Trinajstić information content (AvgIpc) is 3.64. The van der Waals surface area contributed by atoms with E-state index in [4.69, 9.17) is 0 Å². The Morgan fingerprint density at radius 3 is 1.80 bits per heavy atom. The molecule has 44 heavy (non-hydrogen) atoms. The van der Waals surface area contributed by atoms with Crippen molar-refractivity contribution >= 4 is 3.21 Å². The van der Waals surface area contributed by atoms with Crippen molar-refractivity contribution in [2.24, 2.45) is 0 Å². The first kappa shape index (κ1) is 36.2. The predicted molar refractivity (Wildman–Crippen MR) is 177 cm³/mol. The van der Waals surface area contributed by atoms with Gasteiger partial charge in [0.25, 0.3) is 0 Å². The van der Waals surface area contributed by atoms with Crippen molar-refractivity contribution in [3.63, 3.8) is 0 Å². The van der Waals surface area contributed by atoms with Crippen LogP contribution in [-0.2, 0) is 47.9 Å². The van der Waals surface area contributed by atoms with Crippen LogP contribution in [0.15, 0.2) is 103 Å². The van der Waals surface area contributed by atoms with Crippen LogP contribution in [-0.4, -0.2) is 3.21 Å². The van der Waals surface area contributed by atoms with Crippen molar-refractivity contribution in [1.29, 1.82) is 0 Å². The van der Waals surface area contributed by atoms with Gasteiger partial charge in [-0.1, -0.05) is 103 Å². The number of rotatable bonds is 4. The number of benzene rings is 4. The third-order valence-corrected chi connectivity index (χ3v) is 9.81. The van der Waals surface area contributed by atoms with Crippen molar-refractivity contribution in [1.82, 2.24) is 0 Å². The van der Waals surface area contributed by atoms with Crippen LogP contribution in [0.3, 0.4) is 0 Å². The molecule has 0 heterocycles. The Morgan fingerprint density at radius 2 is 1.32 bits per heavy atom. The number of hydrogen-bond acceptors (Lipinski definition) is 0. The van der Waals surface area contributed by atoms with E-state index in [2.05, 4.69) is 158 Å². The summed E-state index contributed by atoms with van der Waals surface area (Å²) in [6.45, 7) is 16.2. The van der Waals surface area contributed by atoms with Gasteiger partial charge in [0.1, 0.15) is 0 Å². The summed E-state index contributed by atoms with van der Waals surface area (Å²) in [6, 6.07) is 32.2. The van der Waals surface area contributed by atoms with Gasteiger partial charge in [-0.05, 0) is 34.3 Å². The van der Waals surface area contributed by atoms with E-state index in [9.17, 15) is 0 Å². The van der Waals surface area contributed by atoms with E-state index in [0.717, 1.165) is 12.8 Å². The molecule has 3 heteroatoms. The van der Waals surface area contributed by atoms with E-state index in [1.807, 2.05) is 0 Å². The molecular formula is C41H43Cl2Zr-. The van der Waals surface area contributed by atoms with Gasteiger partial charge >= 0.3 is 99.2 Å². The fraction of sp³-hybridized carbons (Fsp3) is 0.293. The Labute approximate surface area is 293 Å².